The Kier molecular flexibility index (Phi) is 3.88. The van der Waals surface area contributed by atoms with Crippen molar-refractivity contribution in [2.75, 3.05) is 0 Å². The molecule has 0 amide bonds. The number of benzene rings is 1. The van der Waals surface area contributed by atoms with E-state index in [-0.39, 0.29) is 23.7 Å². The van der Waals surface area contributed by atoms with Crippen LogP contribution in [0, 0.1) is 17.1 Å². The van der Waals surface area contributed by atoms with Crippen LogP contribution in [0.4, 0.5) is 4.39 Å². The summed E-state index contributed by atoms with van der Waals surface area (Å²) in [7, 11) is 0. The Morgan fingerprint density at radius 3 is 2.63 bits per heavy atom. The van der Waals surface area contributed by atoms with Crippen LogP contribution in [0.1, 0.15) is 30.8 Å². The van der Waals surface area contributed by atoms with Crippen molar-refractivity contribution >= 4 is 0 Å². The first kappa shape index (κ1) is 13.2. The van der Waals surface area contributed by atoms with Crippen LogP contribution in [0.2, 0.25) is 0 Å². The van der Waals surface area contributed by atoms with E-state index >= 15 is 0 Å². The second kappa shape index (κ2) is 5.59. The third-order valence-electron chi connectivity index (χ3n) is 2.98. The van der Waals surface area contributed by atoms with Gasteiger partial charge in [-0.3, -0.25) is 0 Å². The molecule has 2 aromatic rings. The number of nitrogens with two attached hydrogens (primary N) is 1. The van der Waals surface area contributed by atoms with Crippen LogP contribution in [0.3, 0.4) is 0 Å². The van der Waals surface area contributed by atoms with Crippen molar-refractivity contribution in [3.63, 3.8) is 0 Å². The van der Waals surface area contributed by atoms with E-state index in [1.165, 1.54) is 18.5 Å². The molecule has 19 heavy (non-hydrogen) atoms. The van der Waals surface area contributed by atoms with Gasteiger partial charge in [0.2, 0.25) is 0 Å². The lowest BCUT2D eigenvalue weighted by molar-refractivity contribution is 0.422. The fourth-order valence-electron chi connectivity index (χ4n) is 1.94. The molecular weight excluding hydrogens is 245 g/mol. The molecule has 0 bridgehead atoms. The van der Waals surface area contributed by atoms with E-state index in [2.05, 4.69) is 10.1 Å². The monoisotopic (exact) mass is 259 g/mol. The summed E-state index contributed by atoms with van der Waals surface area (Å²) in [6.45, 7) is 1.96. The normalized spacial score (nSPS) is 13.8. The molecule has 98 valence electrons. The minimum absolute atomic E-state index is 0.0930. The van der Waals surface area contributed by atoms with Crippen LogP contribution in [-0.4, -0.2) is 20.8 Å². The van der Waals surface area contributed by atoms with Crippen molar-refractivity contribution in [2.24, 2.45) is 5.73 Å². The summed E-state index contributed by atoms with van der Waals surface area (Å²) in [4.78, 5) is 3.88. The van der Waals surface area contributed by atoms with Crippen molar-refractivity contribution in [2.45, 2.75) is 25.4 Å². The molecule has 2 rings (SSSR count). The van der Waals surface area contributed by atoms with Crippen LogP contribution in [0.25, 0.3) is 0 Å². The fraction of sp³-hybridized carbons (Fsp3) is 0.308. The second-order valence-corrected chi connectivity index (χ2v) is 4.23. The smallest absolute Gasteiger partial charge is 0.252 e. The highest BCUT2D eigenvalue weighted by molar-refractivity contribution is 5.22. The van der Waals surface area contributed by atoms with Gasteiger partial charge in [-0.05, 0) is 24.1 Å². The fourth-order valence-corrected chi connectivity index (χ4v) is 1.94. The van der Waals surface area contributed by atoms with Gasteiger partial charge in [0.1, 0.15) is 18.2 Å². The number of aromatic nitrogens is 3. The standard InChI is InChI=1S/C13H14FN5/c1-2-11(16)13(9-3-5-10(14)6-4-9)19-8-17-12(7-15)18-19/h3-6,8,11,13H,2,16H2,1H3. The Morgan fingerprint density at radius 2 is 2.11 bits per heavy atom. The Morgan fingerprint density at radius 1 is 1.42 bits per heavy atom. The predicted octanol–water partition coefficient (Wildman–Crippen LogP) is 1.62. The molecule has 0 aliphatic carbocycles. The van der Waals surface area contributed by atoms with Crippen LogP contribution >= 0.6 is 0 Å². The maximum absolute atomic E-state index is 13.0. The molecule has 5 nitrogen and oxygen atoms in total. The molecule has 2 unspecified atom stereocenters. The molecule has 0 radical (unpaired) electrons. The predicted molar refractivity (Wildman–Crippen MR) is 67.5 cm³/mol. The summed E-state index contributed by atoms with van der Waals surface area (Å²) in [5.74, 6) is -0.209. The topological polar surface area (TPSA) is 80.5 Å². The van der Waals surface area contributed by atoms with Gasteiger partial charge in [0.05, 0.1) is 6.04 Å². The number of rotatable bonds is 4. The molecule has 1 aromatic carbocycles. The number of hydrogen-bond donors (Lipinski definition) is 1. The van der Waals surface area contributed by atoms with Gasteiger partial charge in [0.25, 0.3) is 5.82 Å². The van der Waals surface area contributed by atoms with Crippen LogP contribution in [0.15, 0.2) is 30.6 Å². The molecule has 0 saturated carbocycles. The van der Waals surface area contributed by atoms with E-state index in [0.29, 0.717) is 0 Å². The first-order chi connectivity index (χ1) is 9.15. The first-order valence-electron chi connectivity index (χ1n) is 5.98. The second-order valence-electron chi connectivity index (χ2n) is 4.23. The largest absolute Gasteiger partial charge is 0.326 e. The Hall–Kier alpha value is -2.26. The molecular formula is C13H14FN5. The highest BCUT2D eigenvalue weighted by atomic mass is 19.1. The Bertz CT molecular complexity index is 584. The molecule has 6 heteroatoms. The highest BCUT2D eigenvalue weighted by Gasteiger charge is 2.22. The lowest BCUT2D eigenvalue weighted by Crippen LogP contribution is -2.33. The molecule has 1 heterocycles. The van der Waals surface area contributed by atoms with Gasteiger partial charge in [-0.15, -0.1) is 5.10 Å². The van der Waals surface area contributed by atoms with Crippen molar-refractivity contribution < 1.29 is 4.39 Å². The van der Waals surface area contributed by atoms with Crippen molar-refractivity contribution in [3.8, 4) is 6.07 Å². The zero-order valence-corrected chi connectivity index (χ0v) is 10.5. The maximum Gasteiger partial charge on any atom is 0.252 e. The van der Waals surface area contributed by atoms with Gasteiger partial charge >= 0.3 is 0 Å². The summed E-state index contributed by atoms with van der Waals surface area (Å²) in [6.07, 6.45) is 2.20. The van der Waals surface area contributed by atoms with E-state index in [0.717, 1.165) is 12.0 Å². The quantitative estimate of drug-likeness (QED) is 0.904. The van der Waals surface area contributed by atoms with E-state index < -0.39 is 0 Å². The van der Waals surface area contributed by atoms with Crippen LogP contribution in [-0.2, 0) is 0 Å². The molecule has 0 fully saturated rings. The molecule has 0 saturated heterocycles. The summed E-state index contributed by atoms with van der Waals surface area (Å²) in [6, 6.07) is 7.52. The summed E-state index contributed by atoms with van der Waals surface area (Å²) in [5, 5.41) is 12.8. The van der Waals surface area contributed by atoms with Gasteiger partial charge in [0, 0.05) is 6.04 Å². The average molecular weight is 259 g/mol. The van der Waals surface area contributed by atoms with E-state index in [4.69, 9.17) is 11.0 Å². The summed E-state index contributed by atoms with van der Waals surface area (Å²) in [5.41, 5.74) is 6.94. The Labute approximate surface area is 110 Å². The third-order valence-corrected chi connectivity index (χ3v) is 2.98. The van der Waals surface area contributed by atoms with Gasteiger partial charge in [0.15, 0.2) is 0 Å². The maximum atomic E-state index is 13.0. The molecule has 1 aromatic heterocycles. The number of halogens is 1. The summed E-state index contributed by atoms with van der Waals surface area (Å²) < 4.78 is 14.5. The van der Waals surface area contributed by atoms with Gasteiger partial charge in [-0.25, -0.2) is 14.1 Å². The molecule has 2 N–H and O–H groups in total. The third kappa shape index (κ3) is 2.77. The van der Waals surface area contributed by atoms with Gasteiger partial charge < -0.3 is 5.73 Å². The zero-order chi connectivity index (χ0) is 13.8. The summed E-state index contributed by atoms with van der Waals surface area (Å²) >= 11 is 0. The lowest BCUT2D eigenvalue weighted by Gasteiger charge is -2.23. The lowest BCUT2D eigenvalue weighted by atomic mass is 9.98. The van der Waals surface area contributed by atoms with Crippen LogP contribution < -0.4 is 5.73 Å². The minimum Gasteiger partial charge on any atom is -0.326 e. The molecule has 0 spiro atoms. The first-order valence-corrected chi connectivity index (χ1v) is 5.98. The van der Waals surface area contributed by atoms with E-state index in [1.807, 2.05) is 13.0 Å². The highest BCUT2D eigenvalue weighted by Crippen LogP contribution is 2.22. The molecule has 0 aliphatic heterocycles. The zero-order valence-electron chi connectivity index (χ0n) is 10.5. The van der Waals surface area contributed by atoms with E-state index in [1.54, 1.807) is 16.8 Å². The average Bonchev–Trinajstić information content (AvgIpc) is 2.89. The number of nitriles is 1. The number of hydrogen-bond acceptors (Lipinski definition) is 4. The van der Waals surface area contributed by atoms with Gasteiger partial charge in [-0.1, -0.05) is 19.1 Å². The SMILES string of the molecule is CCC(N)C(c1ccc(F)cc1)n1cnc(C#N)n1. The van der Waals surface area contributed by atoms with E-state index in [9.17, 15) is 4.39 Å². The minimum atomic E-state index is -0.302. The van der Waals surface area contributed by atoms with Crippen molar-refractivity contribution in [1.29, 1.82) is 5.26 Å². The molecule has 2 atom stereocenters. The van der Waals surface area contributed by atoms with Crippen LogP contribution in [0.5, 0.6) is 0 Å². The van der Waals surface area contributed by atoms with Crippen molar-refractivity contribution in [1.82, 2.24) is 14.8 Å². The van der Waals surface area contributed by atoms with Crippen molar-refractivity contribution in [3.05, 3.63) is 47.8 Å². The number of nitrogens with zero attached hydrogens (tertiary/aromatic N) is 4. The van der Waals surface area contributed by atoms with Gasteiger partial charge in [-0.2, -0.15) is 5.26 Å². The molecule has 0 aliphatic rings. The Balaban J connectivity index is 2.41.